The molecule has 8 heteroatoms. The molecule has 0 atom stereocenters. The lowest BCUT2D eigenvalue weighted by Gasteiger charge is -2.14. The normalized spacial score (nSPS) is 13.9. The summed E-state index contributed by atoms with van der Waals surface area (Å²) in [5, 5.41) is 14.8. The highest BCUT2D eigenvalue weighted by Gasteiger charge is 2.12. The van der Waals surface area contributed by atoms with Crippen LogP contribution in [-0.4, -0.2) is 64.2 Å². The van der Waals surface area contributed by atoms with Crippen LogP contribution in [0, 0.1) is 6.92 Å². The fourth-order valence-electron chi connectivity index (χ4n) is 3.33. The zero-order chi connectivity index (χ0) is 24.9. The SMILES string of the molecule is CCOC(=O)/C=C/c1cccc(/C(=C/CN2CCCC2)c2ccc(C)cc2)n1.O=C(O)C(=O)O. The summed E-state index contributed by atoms with van der Waals surface area (Å²) < 4.78 is 4.95. The Morgan fingerprint density at radius 2 is 1.68 bits per heavy atom. The Labute approximate surface area is 199 Å². The van der Waals surface area contributed by atoms with Crippen LogP contribution in [0.1, 0.15) is 42.3 Å². The van der Waals surface area contributed by atoms with E-state index in [0.29, 0.717) is 6.61 Å². The van der Waals surface area contributed by atoms with E-state index in [-0.39, 0.29) is 5.97 Å². The van der Waals surface area contributed by atoms with Gasteiger partial charge in [0.2, 0.25) is 0 Å². The van der Waals surface area contributed by atoms with Crippen LogP contribution in [-0.2, 0) is 19.1 Å². The van der Waals surface area contributed by atoms with Crippen molar-refractivity contribution in [3.63, 3.8) is 0 Å². The maximum Gasteiger partial charge on any atom is 0.414 e. The largest absolute Gasteiger partial charge is 0.473 e. The van der Waals surface area contributed by atoms with Crippen LogP contribution in [0.5, 0.6) is 0 Å². The lowest BCUT2D eigenvalue weighted by molar-refractivity contribution is -0.159. The molecule has 1 aromatic carbocycles. The number of aryl methyl sites for hydroxylation is 1. The highest BCUT2D eigenvalue weighted by atomic mass is 16.5. The zero-order valence-electron chi connectivity index (χ0n) is 19.4. The number of ether oxygens (including phenoxy) is 1. The second-order valence-electron chi connectivity index (χ2n) is 7.63. The fraction of sp³-hybridized carbons (Fsp3) is 0.308. The number of rotatable bonds is 7. The van der Waals surface area contributed by atoms with E-state index in [1.165, 1.54) is 24.5 Å². The van der Waals surface area contributed by atoms with Crippen molar-refractivity contribution in [3.05, 3.63) is 77.1 Å². The summed E-state index contributed by atoms with van der Waals surface area (Å²) in [5.74, 6) is -4.00. The van der Waals surface area contributed by atoms with Crippen molar-refractivity contribution in [3.8, 4) is 0 Å². The number of hydrogen-bond donors (Lipinski definition) is 2. The molecular weight excluding hydrogens is 436 g/mol. The lowest BCUT2D eigenvalue weighted by Crippen LogP contribution is -2.19. The number of carbonyl (C=O) groups is 3. The maximum absolute atomic E-state index is 11.6. The van der Waals surface area contributed by atoms with Gasteiger partial charge in [0.1, 0.15) is 0 Å². The Bertz CT molecular complexity index is 1030. The molecule has 180 valence electrons. The van der Waals surface area contributed by atoms with Crippen molar-refractivity contribution in [1.82, 2.24) is 9.88 Å². The van der Waals surface area contributed by atoms with Crippen molar-refractivity contribution in [2.45, 2.75) is 26.7 Å². The van der Waals surface area contributed by atoms with Gasteiger partial charge in [0, 0.05) is 18.2 Å². The van der Waals surface area contributed by atoms with Crippen molar-refractivity contribution in [1.29, 1.82) is 0 Å². The number of pyridine rings is 1. The minimum atomic E-state index is -1.82. The van der Waals surface area contributed by atoms with Gasteiger partial charge < -0.3 is 14.9 Å². The molecule has 0 bridgehead atoms. The predicted octanol–water partition coefficient (Wildman–Crippen LogP) is 3.65. The third-order valence-electron chi connectivity index (χ3n) is 5.02. The summed E-state index contributed by atoms with van der Waals surface area (Å²) in [7, 11) is 0. The molecule has 0 saturated carbocycles. The Kier molecular flexibility index (Phi) is 10.7. The van der Waals surface area contributed by atoms with Crippen LogP contribution in [0.3, 0.4) is 0 Å². The third kappa shape index (κ3) is 8.99. The molecule has 0 spiro atoms. The second kappa shape index (κ2) is 13.7. The van der Waals surface area contributed by atoms with Crippen molar-refractivity contribution in [2.75, 3.05) is 26.2 Å². The van der Waals surface area contributed by atoms with Crippen LogP contribution in [0.2, 0.25) is 0 Å². The zero-order valence-corrected chi connectivity index (χ0v) is 19.4. The third-order valence-corrected chi connectivity index (χ3v) is 5.02. The van der Waals surface area contributed by atoms with Crippen molar-refractivity contribution < 1.29 is 29.3 Å². The quantitative estimate of drug-likeness (QED) is 0.361. The van der Waals surface area contributed by atoms with E-state index in [9.17, 15) is 4.79 Å². The van der Waals surface area contributed by atoms with E-state index in [1.54, 1.807) is 13.0 Å². The van der Waals surface area contributed by atoms with Gasteiger partial charge in [-0.15, -0.1) is 0 Å². The lowest BCUT2D eigenvalue weighted by atomic mass is 10.00. The van der Waals surface area contributed by atoms with Gasteiger partial charge >= 0.3 is 17.9 Å². The first-order valence-electron chi connectivity index (χ1n) is 11.1. The van der Waals surface area contributed by atoms with E-state index in [1.807, 2.05) is 18.2 Å². The van der Waals surface area contributed by atoms with Gasteiger partial charge in [0.25, 0.3) is 0 Å². The molecule has 0 aliphatic carbocycles. The molecule has 2 aromatic rings. The summed E-state index contributed by atoms with van der Waals surface area (Å²) in [6.07, 6.45) is 7.96. The maximum atomic E-state index is 11.6. The standard InChI is InChI=1S/C24H28N2O2.C2H2O4/c1-3-28-24(27)14-13-21-7-6-8-23(25-21)22(15-18-26-16-4-5-17-26)20-11-9-19(2)10-12-20;3-1(4)2(5)6/h6-15H,3-5,16-18H2,1-2H3;(H,3,4)(H,5,6)/b14-13+,22-15+;. The van der Waals surface area contributed by atoms with E-state index >= 15 is 0 Å². The van der Waals surface area contributed by atoms with Crippen molar-refractivity contribution >= 4 is 29.6 Å². The number of likely N-dealkylation sites (tertiary alicyclic amines) is 1. The minimum Gasteiger partial charge on any atom is -0.473 e. The number of carboxylic acid groups (broad SMARTS) is 2. The monoisotopic (exact) mass is 466 g/mol. The summed E-state index contributed by atoms with van der Waals surface area (Å²) in [6, 6.07) is 14.4. The van der Waals surface area contributed by atoms with Gasteiger partial charge in [-0.05, 0) is 63.6 Å². The molecule has 2 heterocycles. The predicted molar refractivity (Wildman–Crippen MR) is 129 cm³/mol. The number of carboxylic acids is 2. The first-order chi connectivity index (χ1) is 16.3. The molecule has 1 aliphatic heterocycles. The summed E-state index contributed by atoms with van der Waals surface area (Å²) in [5.41, 5.74) is 5.17. The van der Waals surface area contributed by atoms with E-state index < -0.39 is 11.9 Å². The highest BCUT2D eigenvalue weighted by Crippen LogP contribution is 2.23. The number of esters is 1. The molecule has 1 aliphatic rings. The molecule has 3 rings (SSSR count). The number of hydrogen-bond acceptors (Lipinski definition) is 6. The van der Waals surface area contributed by atoms with Gasteiger partial charge in [0.05, 0.1) is 18.0 Å². The molecule has 8 nitrogen and oxygen atoms in total. The van der Waals surface area contributed by atoms with Crippen LogP contribution < -0.4 is 0 Å². The first-order valence-corrected chi connectivity index (χ1v) is 11.1. The summed E-state index contributed by atoms with van der Waals surface area (Å²) in [4.78, 5) is 37.0. The van der Waals surface area contributed by atoms with Crippen LogP contribution in [0.25, 0.3) is 11.6 Å². The summed E-state index contributed by atoms with van der Waals surface area (Å²) >= 11 is 0. The van der Waals surface area contributed by atoms with E-state index in [2.05, 4.69) is 42.2 Å². The van der Waals surface area contributed by atoms with Crippen molar-refractivity contribution in [2.24, 2.45) is 0 Å². The van der Waals surface area contributed by atoms with Crippen LogP contribution >= 0.6 is 0 Å². The van der Waals surface area contributed by atoms with Gasteiger partial charge in [-0.25, -0.2) is 19.4 Å². The molecule has 2 N–H and O–H groups in total. The molecule has 0 unspecified atom stereocenters. The molecule has 0 amide bonds. The highest BCUT2D eigenvalue weighted by molar-refractivity contribution is 6.27. The Morgan fingerprint density at radius 3 is 2.26 bits per heavy atom. The molecule has 1 aromatic heterocycles. The number of benzene rings is 1. The topological polar surface area (TPSA) is 117 Å². The Balaban J connectivity index is 0.000000604. The van der Waals surface area contributed by atoms with Gasteiger partial charge in [-0.3, -0.25) is 4.90 Å². The Hall–Kier alpha value is -3.78. The number of carbonyl (C=O) groups excluding carboxylic acids is 1. The Morgan fingerprint density at radius 1 is 1.03 bits per heavy atom. The number of aliphatic carboxylic acids is 2. The first kappa shape index (κ1) is 26.5. The fourth-order valence-corrected chi connectivity index (χ4v) is 3.33. The minimum absolute atomic E-state index is 0.349. The van der Waals surface area contributed by atoms with Gasteiger partial charge in [-0.1, -0.05) is 42.0 Å². The van der Waals surface area contributed by atoms with E-state index in [0.717, 1.165) is 42.2 Å². The molecule has 1 saturated heterocycles. The number of aromatic nitrogens is 1. The summed E-state index contributed by atoms with van der Waals surface area (Å²) in [6.45, 7) is 7.50. The average molecular weight is 467 g/mol. The van der Waals surface area contributed by atoms with Crippen LogP contribution in [0.15, 0.2) is 54.6 Å². The smallest absolute Gasteiger partial charge is 0.414 e. The molecular formula is C26H30N2O6. The van der Waals surface area contributed by atoms with E-state index in [4.69, 9.17) is 29.5 Å². The average Bonchev–Trinajstić information content (AvgIpc) is 3.33. The number of nitrogens with zero attached hydrogens (tertiary/aromatic N) is 2. The molecule has 34 heavy (non-hydrogen) atoms. The molecule has 1 fully saturated rings. The molecule has 0 radical (unpaired) electrons. The van der Waals surface area contributed by atoms with Gasteiger partial charge in [-0.2, -0.15) is 0 Å². The van der Waals surface area contributed by atoms with Crippen LogP contribution in [0.4, 0.5) is 0 Å². The van der Waals surface area contributed by atoms with Gasteiger partial charge in [0.15, 0.2) is 0 Å². The second-order valence-corrected chi connectivity index (χ2v) is 7.63.